The predicted octanol–water partition coefficient (Wildman–Crippen LogP) is 1.73. The van der Waals surface area contributed by atoms with E-state index in [1.54, 1.807) is 4.90 Å². The number of hydrogen-bond acceptors (Lipinski definition) is 3. The summed E-state index contributed by atoms with van der Waals surface area (Å²) in [6.07, 6.45) is 0.634. The van der Waals surface area contributed by atoms with Gasteiger partial charge in [-0.3, -0.25) is 9.59 Å². The normalized spacial score (nSPS) is 16.6. The summed E-state index contributed by atoms with van der Waals surface area (Å²) in [5.41, 5.74) is 2.13. The van der Waals surface area contributed by atoms with Crippen LogP contribution in [-0.4, -0.2) is 40.5 Å². The van der Waals surface area contributed by atoms with Crippen LogP contribution in [0.5, 0.6) is 0 Å². The van der Waals surface area contributed by atoms with Gasteiger partial charge in [-0.05, 0) is 25.5 Å². The minimum Gasteiger partial charge on any atom is -0.481 e. The molecule has 1 atom stereocenters. The molecule has 1 amide bonds. The number of aliphatic carboxylic acids is 1. The second-order valence-electron chi connectivity index (χ2n) is 5.33. The van der Waals surface area contributed by atoms with Crippen molar-refractivity contribution in [3.05, 3.63) is 29.8 Å². The molecule has 0 spiro atoms. The number of carbonyl (C=O) groups is 2. The van der Waals surface area contributed by atoms with Gasteiger partial charge in [0.05, 0.1) is 6.42 Å². The van der Waals surface area contributed by atoms with Crippen molar-refractivity contribution in [3.63, 3.8) is 0 Å². The number of carboxylic acid groups (broad SMARTS) is 1. The Balaban J connectivity index is 2.04. The van der Waals surface area contributed by atoms with Crippen molar-refractivity contribution in [2.75, 3.05) is 11.9 Å². The molecule has 0 aromatic heterocycles. The molecule has 2 rings (SSSR count). The third-order valence-corrected chi connectivity index (χ3v) is 3.54. The molecule has 0 fully saturated rings. The van der Waals surface area contributed by atoms with E-state index in [-0.39, 0.29) is 31.0 Å². The van der Waals surface area contributed by atoms with Gasteiger partial charge in [0.25, 0.3) is 0 Å². The third-order valence-electron chi connectivity index (χ3n) is 3.54. The maximum atomic E-state index is 12.5. The summed E-state index contributed by atoms with van der Waals surface area (Å²) < 4.78 is 0. The van der Waals surface area contributed by atoms with Gasteiger partial charge in [-0.1, -0.05) is 18.2 Å². The van der Waals surface area contributed by atoms with Crippen LogP contribution in [0.3, 0.4) is 0 Å². The molecule has 0 bridgehead atoms. The molecule has 20 heavy (non-hydrogen) atoms. The van der Waals surface area contributed by atoms with Crippen LogP contribution in [0.25, 0.3) is 0 Å². The highest BCUT2D eigenvalue weighted by molar-refractivity contribution is 5.88. The number of nitrogens with zero attached hydrogens (tertiary/aromatic N) is 1. The van der Waals surface area contributed by atoms with Crippen LogP contribution in [0.15, 0.2) is 24.3 Å². The molecule has 0 saturated heterocycles. The summed E-state index contributed by atoms with van der Waals surface area (Å²) in [7, 11) is 0. The fourth-order valence-corrected chi connectivity index (χ4v) is 2.49. The van der Waals surface area contributed by atoms with Gasteiger partial charge >= 0.3 is 5.97 Å². The molecule has 1 aliphatic heterocycles. The fraction of sp³-hybridized carbons (Fsp3) is 0.467. The number of amides is 1. The molecule has 0 aliphatic carbocycles. The lowest BCUT2D eigenvalue weighted by Gasteiger charge is -2.29. The molecule has 108 valence electrons. The van der Waals surface area contributed by atoms with Crippen LogP contribution in [0, 0.1) is 0 Å². The van der Waals surface area contributed by atoms with Crippen LogP contribution in [-0.2, 0) is 16.0 Å². The molecule has 0 saturated carbocycles. The summed E-state index contributed by atoms with van der Waals surface area (Å²) in [6, 6.07) is 7.56. The maximum Gasteiger partial charge on any atom is 0.305 e. The van der Waals surface area contributed by atoms with Crippen LogP contribution >= 0.6 is 0 Å². The molecule has 5 heteroatoms. The van der Waals surface area contributed by atoms with Crippen LogP contribution in [0.2, 0.25) is 0 Å². The fourth-order valence-electron chi connectivity index (χ4n) is 2.49. The number of benzene rings is 1. The standard InChI is InChI=1S/C15H20N2O3/c1-10(2)17(8-7-14(18)19)15(20)13-9-11-5-3-4-6-12(11)16-13/h3-6,10,13,16H,7-9H2,1-2H3,(H,18,19)/t13-/m0/s1. The Morgan fingerprint density at radius 1 is 1.40 bits per heavy atom. The number of hydrogen-bond donors (Lipinski definition) is 2. The first kappa shape index (κ1) is 14.4. The van der Waals surface area contributed by atoms with Crippen molar-refractivity contribution in [3.8, 4) is 0 Å². The second-order valence-corrected chi connectivity index (χ2v) is 5.33. The number of carbonyl (C=O) groups excluding carboxylic acids is 1. The van der Waals surface area contributed by atoms with Crippen LogP contribution in [0.4, 0.5) is 5.69 Å². The summed E-state index contributed by atoms with van der Waals surface area (Å²) in [5.74, 6) is -0.913. The number of rotatable bonds is 5. The topological polar surface area (TPSA) is 69.6 Å². The van der Waals surface area contributed by atoms with Gasteiger partial charge in [-0.2, -0.15) is 0 Å². The molecular formula is C15H20N2O3. The van der Waals surface area contributed by atoms with E-state index in [0.29, 0.717) is 6.42 Å². The van der Waals surface area contributed by atoms with Gasteiger partial charge in [0.1, 0.15) is 6.04 Å². The Morgan fingerprint density at radius 2 is 2.10 bits per heavy atom. The molecule has 0 unspecified atom stereocenters. The average molecular weight is 276 g/mol. The van der Waals surface area contributed by atoms with E-state index < -0.39 is 5.97 Å². The van der Waals surface area contributed by atoms with Crippen molar-refractivity contribution >= 4 is 17.6 Å². The second kappa shape index (κ2) is 5.94. The lowest BCUT2D eigenvalue weighted by molar-refractivity contribution is -0.139. The number of nitrogens with one attached hydrogen (secondary N) is 1. The zero-order valence-electron chi connectivity index (χ0n) is 11.8. The quantitative estimate of drug-likeness (QED) is 0.859. The SMILES string of the molecule is CC(C)N(CCC(=O)O)C(=O)[C@@H]1Cc2ccccc2N1. The first-order valence-electron chi connectivity index (χ1n) is 6.85. The lowest BCUT2D eigenvalue weighted by Crippen LogP contribution is -2.46. The zero-order valence-corrected chi connectivity index (χ0v) is 11.8. The van der Waals surface area contributed by atoms with E-state index in [1.165, 1.54) is 0 Å². The van der Waals surface area contributed by atoms with Gasteiger partial charge in [-0.15, -0.1) is 0 Å². The Bertz CT molecular complexity index is 489. The van der Waals surface area contributed by atoms with E-state index in [4.69, 9.17) is 5.11 Å². The molecule has 1 aromatic rings. The van der Waals surface area contributed by atoms with Crippen molar-refractivity contribution in [1.82, 2.24) is 4.90 Å². The molecule has 1 aliphatic rings. The average Bonchev–Trinajstić information content (AvgIpc) is 2.81. The minimum absolute atomic E-state index is 0.00707. The minimum atomic E-state index is -0.883. The van der Waals surface area contributed by atoms with Gasteiger partial charge in [0.15, 0.2) is 0 Å². The lowest BCUT2D eigenvalue weighted by atomic mass is 10.1. The van der Waals surface area contributed by atoms with E-state index in [1.807, 2.05) is 38.1 Å². The highest BCUT2D eigenvalue weighted by Gasteiger charge is 2.31. The van der Waals surface area contributed by atoms with E-state index in [2.05, 4.69) is 5.32 Å². The van der Waals surface area contributed by atoms with Gasteiger partial charge in [-0.25, -0.2) is 0 Å². The third kappa shape index (κ3) is 3.10. The Kier molecular flexibility index (Phi) is 4.27. The highest BCUT2D eigenvalue weighted by atomic mass is 16.4. The summed E-state index contributed by atoms with van der Waals surface area (Å²) >= 11 is 0. The van der Waals surface area contributed by atoms with Crippen LogP contribution in [0.1, 0.15) is 25.8 Å². The molecule has 1 aromatic carbocycles. The van der Waals surface area contributed by atoms with E-state index >= 15 is 0 Å². The van der Waals surface area contributed by atoms with Gasteiger partial charge in [0.2, 0.25) is 5.91 Å². The molecule has 0 radical (unpaired) electrons. The monoisotopic (exact) mass is 276 g/mol. The highest BCUT2D eigenvalue weighted by Crippen LogP contribution is 2.26. The van der Waals surface area contributed by atoms with Crippen molar-refractivity contribution in [2.24, 2.45) is 0 Å². The maximum absolute atomic E-state index is 12.5. The molecule has 2 N–H and O–H groups in total. The van der Waals surface area contributed by atoms with E-state index in [9.17, 15) is 9.59 Å². The van der Waals surface area contributed by atoms with Crippen molar-refractivity contribution in [1.29, 1.82) is 0 Å². The van der Waals surface area contributed by atoms with E-state index in [0.717, 1.165) is 11.3 Å². The number of para-hydroxylation sites is 1. The van der Waals surface area contributed by atoms with Crippen molar-refractivity contribution < 1.29 is 14.7 Å². The molecular weight excluding hydrogens is 256 g/mol. The Hall–Kier alpha value is -2.04. The summed E-state index contributed by atoms with van der Waals surface area (Å²) in [5, 5.41) is 12.0. The number of anilines is 1. The Labute approximate surface area is 118 Å². The van der Waals surface area contributed by atoms with Crippen LogP contribution < -0.4 is 5.32 Å². The zero-order chi connectivity index (χ0) is 14.7. The molecule has 1 heterocycles. The largest absolute Gasteiger partial charge is 0.481 e. The number of fused-ring (bicyclic) bond motifs is 1. The van der Waals surface area contributed by atoms with Crippen molar-refractivity contribution in [2.45, 2.75) is 38.8 Å². The smallest absolute Gasteiger partial charge is 0.305 e. The first-order valence-corrected chi connectivity index (χ1v) is 6.85. The summed E-state index contributed by atoms with van der Waals surface area (Å²) in [6.45, 7) is 4.06. The van der Waals surface area contributed by atoms with Gasteiger partial charge in [0, 0.05) is 24.7 Å². The van der Waals surface area contributed by atoms with Gasteiger partial charge < -0.3 is 15.3 Å². The summed E-state index contributed by atoms with van der Waals surface area (Å²) in [4.78, 5) is 24.9. The first-order chi connectivity index (χ1) is 9.49. The molecule has 5 nitrogen and oxygen atoms in total. The Morgan fingerprint density at radius 3 is 2.70 bits per heavy atom. The number of carboxylic acids is 1. The predicted molar refractivity (Wildman–Crippen MR) is 76.7 cm³/mol.